The highest BCUT2D eigenvalue weighted by molar-refractivity contribution is 5.98. The molecule has 5 nitrogen and oxygen atoms in total. The van der Waals surface area contributed by atoms with Gasteiger partial charge in [0.2, 0.25) is 5.91 Å². The summed E-state index contributed by atoms with van der Waals surface area (Å²) in [5.41, 5.74) is 0.132. The molecule has 0 aromatic heterocycles. The van der Waals surface area contributed by atoms with Crippen LogP contribution in [0.15, 0.2) is 54.6 Å². The number of nitrogens with zero attached hydrogens (tertiary/aromatic N) is 2. The van der Waals surface area contributed by atoms with Crippen molar-refractivity contribution in [1.29, 1.82) is 0 Å². The maximum atomic E-state index is 13.2. The Morgan fingerprint density at radius 2 is 1.74 bits per heavy atom. The van der Waals surface area contributed by atoms with Crippen LogP contribution in [0.3, 0.4) is 0 Å². The fourth-order valence-corrected chi connectivity index (χ4v) is 4.21. The van der Waals surface area contributed by atoms with Crippen LogP contribution in [0.5, 0.6) is 11.5 Å². The average molecular weight is 364 g/mol. The lowest BCUT2D eigenvalue weighted by Gasteiger charge is -2.37. The number of piperidine rings is 1. The number of ether oxygens (including phenoxy) is 1. The van der Waals surface area contributed by atoms with Crippen LogP contribution in [-0.4, -0.2) is 48.3 Å². The van der Waals surface area contributed by atoms with Crippen LogP contribution in [0.2, 0.25) is 0 Å². The molecule has 0 saturated carbocycles. The molecule has 2 aliphatic rings. The third-order valence-electron chi connectivity index (χ3n) is 5.68. The Bertz CT molecular complexity index is 852. The summed E-state index contributed by atoms with van der Waals surface area (Å²) in [6.45, 7) is 1.91. The van der Waals surface area contributed by atoms with Crippen molar-refractivity contribution >= 4 is 11.8 Å². The first kappa shape index (κ1) is 17.6. The number of hydrogen-bond donors (Lipinski definition) is 0. The van der Waals surface area contributed by atoms with Crippen molar-refractivity contribution in [2.45, 2.75) is 19.3 Å². The molecule has 2 saturated heterocycles. The van der Waals surface area contributed by atoms with E-state index in [0.29, 0.717) is 30.2 Å². The molecular weight excluding hydrogens is 340 g/mol. The van der Waals surface area contributed by atoms with Gasteiger partial charge in [-0.25, -0.2) is 0 Å². The molecule has 2 heterocycles. The Morgan fingerprint density at radius 3 is 2.56 bits per heavy atom. The Balaban J connectivity index is 1.55. The van der Waals surface area contributed by atoms with Crippen molar-refractivity contribution in [3.05, 3.63) is 60.2 Å². The minimum Gasteiger partial charge on any atom is -0.457 e. The summed E-state index contributed by atoms with van der Waals surface area (Å²) < 4.78 is 5.94. The standard InChI is InChI=1S/C22H24N2O3/c1-23-14-7-12-22(21(23)26)13-15-24(16-22)20(25)18-10-5-6-11-19(18)27-17-8-3-2-4-9-17/h2-6,8-11H,7,12-16H2,1H3/t22-/m1/s1. The molecule has 2 aliphatic heterocycles. The van der Waals surface area contributed by atoms with E-state index >= 15 is 0 Å². The molecule has 2 fully saturated rings. The number of amides is 2. The second kappa shape index (κ2) is 7.06. The molecule has 0 aliphatic carbocycles. The minimum atomic E-state index is -0.405. The highest BCUT2D eigenvalue weighted by Gasteiger charge is 2.48. The van der Waals surface area contributed by atoms with E-state index in [1.165, 1.54) is 0 Å². The van der Waals surface area contributed by atoms with Gasteiger partial charge in [-0.15, -0.1) is 0 Å². The summed E-state index contributed by atoms with van der Waals surface area (Å²) in [5.74, 6) is 1.35. The summed E-state index contributed by atoms with van der Waals surface area (Å²) in [6, 6.07) is 16.8. The van der Waals surface area contributed by atoms with E-state index in [9.17, 15) is 9.59 Å². The largest absolute Gasteiger partial charge is 0.457 e. The topological polar surface area (TPSA) is 49.9 Å². The highest BCUT2D eigenvalue weighted by atomic mass is 16.5. The van der Waals surface area contributed by atoms with Crippen molar-refractivity contribution in [1.82, 2.24) is 9.80 Å². The third kappa shape index (κ3) is 3.29. The molecule has 0 bridgehead atoms. The zero-order chi connectivity index (χ0) is 18.9. The Hall–Kier alpha value is -2.82. The molecule has 2 aromatic rings. The van der Waals surface area contributed by atoms with Crippen molar-refractivity contribution in [2.24, 2.45) is 5.41 Å². The Morgan fingerprint density at radius 1 is 1.00 bits per heavy atom. The molecule has 140 valence electrons. The van der Waals surface area contributed by atoms with E-state index in [4.69, 9.17) is 4.74 Å². The molecule has 2 amide bonds. The van der Waals surface area contributed by atoms with Crippen LogP contribution in [0, 0.1) is 5.41 Å². The van der Waals surface area contributed by atoms with Gasteiger partial charge in [0.25, 0.3) is 5.91 Å². The zero-order valence-electron chi connectivity index (χ0n) is 15.6. The Kier molecular flexibility index (Phi) is 4.60. The zero-order valence-corrected chi connectivity index (χ0v) is 15.6. The first-order valence-corrected chi connectivity index (χ1v) is 9.46. The summed E-state index contributed by atoms with van der Waals surface area (Å²) >= 11 is 0. The lowest BCUT2D eigenvalue weighted by atomic mass is 9.78. The second-order valence-corrected chi connectivity index (χ2v) is 7.50. The molecule has 0 radical (unpaired) electrons. The van der Waals surface area contributed by atoms with Gasteiger partial charge in [-0.1, -0.05) is 30.3 Å². The van der Waals surface area contributed by atoms with E-state index < -0.39 is 5.41 Å². The smallest absolute Gasteiger partial charge is 0.257 e. The van der Waals surface area contributed by atoms with Gasteiger partial charge in [-0.05, 0) is 43.5 Å². The summed E-state index contributed by atoms with van der Waals surface area (Å²) in [6.07, 6.45) is 2.60. The number of benzene rings is 2. The molecule has 2 aromatic carbocycles. The minimum absolute atomic E-state index is 0.0700. The van der Waals surface area contributed by atoms with E-state index in [-0.39, 0.29) is 11.8 Å². The van der Waals surface area contributed by atoms with Crippen LogP contribution in [0.1, 0.15) is 29.6 Å². The maximum Gasteiger partial charge on any atom is 0.257 e. The van der Waals surface area contributed by atoms with E-state index in [0.717, 1.165) is 25.8 Å². The van der Waals surface area contributed by atoms with Gasteiger partial charge < -0.3 is 14.5 Å². The first-order chi connectivity index (χ1) is 13.1. The number of carbonyl (C=O) groups excluding carboxylic acids is 2. The molecule has 5 heteroatoms. The molecule has 0 unspecified atom stereocenters. The summed E-state index contributed by atoms with van der Waals surface area (Å²) in [7, 11) is 1.86. The number of hydrogen-bond acceptors (Lipinski definition) is 3. The predicted octanol–water partition coefficient (Wildman–Crippen LogP) is 3.56. The second-order valence-electron chi connectivity index (χ2n) is 7.50. The Labute approximate surface area is 159 Å². The number of likely N-dealkylation sites (tertiary alicyclic amines) is 2. The maximum absolute atomic E-state index is 13.2. The number of para-hydroxylation sites is 2. The van der Waals surface area contributed by atoms with Gasteiger partial charge in [-0.2, -0.15) is 0 Å². The first-order valence-electron chi connectivity index (χ1n) is 9.46. The fourth-order valence-electron chi connectivity index (χ4n) is 4.21. The monoisotopic (exact) mass is 364 g/mol. The molecule has 27 heavy (non-hydrogen) atoms. The summed E-state index contributed by atoms with van der Waals surface area (Å²) in [4.78, 5) is 29.5. The van der Waals surface area contributed by atoms with Crippen LogP contribution in [-0.2, 0) is 4.79 Å². The van der Waals surface area contributed by atoms with Crippen LogP contribution in [0.4, 0.5) is 0 Å². The summed E-state index contributed by atoms with van der Waals surface area (Å²) in [5, 5.41) is 0. The van der Waals surface area contributed by atoms with Gasteiger partial charge >= 0.3 is 0 Å². The van der Waals surface area contributed by atoms with Gasteiger partial charge in [-0.3, -0.25) is 9.59 Å². The van der Waals surface area contributed by atoms with E-state index in [2.05, 4.69) is 0 Å². The normalized spacial score (nSPS) is 22.3. The third-order valence-corrected chi connectivity index (χ3v) is 5.68. The molecule has 0 N–H and O–H groups in total. The molecule has 4 rings (SSSR count). The lowest BCUT2D eigenvalue weighted by Crippen LogP contribution is -2.48. The van der Waals surface area contributed by atoms with Crippen LogP contribution < -0.4 is 4.74 Å². The molecule has 1 atom stereocenters. The van der Waals surface area contributed by atoms with E-state index in [1.807, 2.05) is 65.4 Å². The van der Waals surface area contributed by atoms with Crippen LogP contribution in [0.25, 0.3) is 0 Å². The van der Waals surface area contributed by atoms with Crippen molar-refractivity contribution in [3.8, 4) is 11.5 Å². The molecule has 1 spiro atoms. The van der Waals surface area contributed by atoms with Gasteiger partial charge in [0.05, 0.1) is 11.0 Å². The molecular formula is C22H24N2O3. The van der Waals surface area contributed by atoms with Gasteiger partial charge in [0.15, 0.2) is 0 Å². The van der Waals surface area contributed by atoms with E-state index in [1.54, 1.807) is 6.07 Å². The SMILES string of the molecule is CN1CCC[C@]2(CCN(C(=O)c3ccccc3Oc3ccccc3)C2)C1=O. The van der Waals surface area contributed by atoms with Crippen molar-refractivity contribution < 1.29 is 14.3 Å². The fraction of sp³-hybridized carbons (Fsp3) is 0.364. The van der Waals surface area contributed by atoms with Crippen molar-refractivity contribution in [2.75, 3.05) is 26.7 Å². The predicted molar refractivity (Wildman–Crippen MR) is 103 cm³/mol. The van der Waals surface area contributed by atoms with Crippen molar-refractivity contribution in [3.63, 3.8) is 0 Å². The van der Waals surface area contributed by atoms with Gasteiger partial charge in [0.1, 0.15) is 11.5 Å². The lowest BCUT2D eigenvalue weighted by molar-refractivity contribution is -0.143. The average Bonchev–Trinajstić information content (AvgIpc) is 3.12. The highest BCUT2D eigenvalue weighted by Crippen LogP contribution is 2.40. The number of carbonyl (C=O) groups is 2. The number of rotatable bonds is 3. The van der Waals surface area contributed by atoms with Gasteiger partial charge in [0, 0.05) is 26.7 Å². The quantitative estimate of drug-likeness (QED) is 0.837. The van der Waals surface area contributed by atoms with Crippen LogP contribution >= 0.6 is 0 Å².